The molecule has 1 amide bonds. The quantitative estimate of drug-likeness (QED) is 0.506. The van der Waals surface area contributed by atoms with Crippen LogP contribution >= 0.6 is 0 Å². The zero-order valence-electron chi connectivity index (χ0n) is 10.2. The van der Waals surface area contributed by atoms with Gasteiger partial charge in [-0.1, -0.05) is 12.1 Å². The molecule has 0 fully saturated rings. The first-order valence-corrected chi connectivity index (χ1v) is 5.39. The fourth-order valence-electron chi connectivity index (χ4n) is 1.27. The highest BCUT2D eigenvalue weighted by Gasteiger charge is 2.09. The summed E-state index contributed by atoms with van der Waals surface area (Å²) in [6, 6.07) is 6.41. The molecule has 1 rings (SSSR count). The number of hydrogen-bond donors (Lipinski definition) is 3. The third-order valence-corrected chi connectivity index (χ3v) is 2.18. The summed E-state index contributed by atoms with van der Waals surface area (Å²) in [5.74, 6) is -0.485. The van der Waals surface area contributed by atoms with Crippen molar-refractivity contribution in [3.8, 4) is 5.75 Å². The van der Waals surface area contributed by atoms with Crippen molar-refractivity contribution >= 4 is 11.9 Å². The van der Waals surface area contributed by atoms with Crippen LogP contribution < -0.4 is 21.9 Å². The van der Waals surface area contributed by atoms with E-state index in [2.05, 4.69) is 4.99 Å². The predicted octanol–water partition coefficient (Wildman–Crippen LogP) is 0.291. The zero-order valence-corrected chi connectivity index (χ0v) is 10.2. The van der Waals surface area contributed by atoms with E-state index in [0.29, 0.717) is 6.33 Å². The average molecular weight is 266 g/mol. The van der Waals surface area contributed by atoms with Gasteiger partial charge in [0.05, 0.1) is 18.4 Å². The lowest BCUT2D eigenvalue weighted by molar-refractivity contribution is 0.0997. The second-order valence-electron chi connectivity index (χ2n) is 3.66. The third kappa shape index (κ3) is 4.66. The summed E-state index contributed by atoms with van der Waals surface area (Å²) in [4.78, 5) is 14.8. The number of hydrogen-bond acceptors (Lipinski definition) is 3. The van der Waals surface area contributed by atoms with Crippen LogP contribution in [0, 0.1) is 0 Å². The number of nitrogens with two attached hydrogens (primary N) is 3. The van der Waals surface area contributed by atoms with E-state index in [4.69, 9.17) is 21.9 Å². The van der Waals surface area contributed by atoms with Gasteiger partial charge in [0, 0.05) is 5.57 Å². The highest BCUT2D eigenvalue weighted by Crippen LogP contribution is 2.18. The van der Waals surface area contributed by atoms with Gasteiger partial charge >= 0.3 is 0 Å². The molecular weight excluding hydrogens is 251 g/mol. The maximum atomic E-state index is 12.6. The minimum Gasteiger partial charge on any atom is -0.488 e. The van der Waals surface area contributed by atoms with Crippen molar-refractivity contribution < 1.29 is 13.9 Å². The molecule has 0 radical (unpaired) electrons. The molecule has 0 spiro atoms. The van der Waals surface area contributed by atoms with Crippen LogP contribution in [0.15, 0.2) is 41.2 Å². The van der Waals surface area contributed by atoms with Crippen molar-refractivity contribution in [1.29, 1.82) is 0 Å². The highest BCUT2D eigenvalue weighted by atomic mass is 19.1. The van der Waals surface area contributed by atoms with E-state index in [1.807, 2.05) is 0 Å². The molecule has 1 aromatic rings. The van der Waals surface area contributed by atoms with Gasteiger partial charge in [-0.3, -0.25) is 4.79 Å². The van der Waals surface area contributed by atoms with Crippen LogP contribution in [0.2, 0.25) is 0 Å². The number of rotatable bonds is 6. The molecule has 1 aromatic carbocycles. The van der Waals surface area contributed by atoms with E-state index in [-0.39, 0.29) is 36.0 Å². The van der Waals surface area contributed by atoms with Crippen molar-refractivity contribution in [2.45, 2.75) is 0 Å². The molecule has 6 nitrogen and oxygen atoms in total. The zero-order chi connectivity index (χ0) is 14.3. The number of primary amides is 1. The first kappa shape index (κ1) is 14.5. The fraction of sp³-hybridized carbons (Fsp3) is 0.167. The molecule has 0 atom stereocenters. The van der Waals surface area contributed by atoms with Gasteiger partial charge in [-0.2, -0.15) is 0 Å². The number of para-hydroxylation sites is 1. The third-order valence-electron chi connectivity index (χ3n) is 2.18. The smallest absolute Gasteiger partial charge is 0.252 e. The van der Waals surface area contributed by atoms with E-state index in [1.165, 1.54) is 6.07 Å². The first-order valence-electron chi connectivity index (χ1n) is 5.39. The van der Waals surface area contributed by atoms with Gasteiger partial charge in [0.25, 0.3) is 5.91 Å². The predicted molar refractivity (Wildman–Crippen MR) is 70.3 cm³/mol. The summed E-state index contributed by atoms with van der Waals surface area (Å²) >= 11 is 0. The summed E-state index contributed by atoms with van der Waals surface area (Å²) in [6.07, 6.45) is 0.360. The molecule has 0 aromatic heterocycles. The molecule has 0 aliphatic rings. The van der Waals surface area contributed by atoms with Crippen LogP contribution in [-0.2, 0) is 0 Å². The highest BCUT2D eigenvalue weighted by molar-refractivity contribution is 5.95. The number of amides is 1. The van der Waals surface area contributed by atoms with Crippen LogP contribution in [0.5, 0.6) is 5.75 Å². The number of carbonyl (C=O) groups excluding carboxylic acids is 1. The standard InChI is InChI=1S/C12H15FN4O2/c13-5-8(6-17-12(15)16)7-19-10-4-2-1-3-9(10)11(14)18/h1-5H,6-7H2,(H2,14,18)(H4,15,16,17)/b8-5-. The van der Waals surface area contributed by atoms with E-state index < -0.39 is 5.91 Å². The van der Waals surface area contributed by atoms with E-state index >= 15 is 0 Å². The van der Waals surface area contributed by atoms with Crippen LogP contribution in [0.1, 0.15) is 10.4 Å². The summed E-state index contributed by atoms with van der Waals surface area (Å²) in [5, 5.41) is 0. The number of ether oxygens (including phenoxy) is 1. The number of aliphatic imine (C=N–C) groups is 1. The molecule has 0 saturated heterocycles. The Kier molecular flexibility index (Phi) is 5.34. The molecule has 0 unspecified atom stereocenters. The number of halogens is 1. The molecule has 0 aliphatic carbocycles. The van der Waals surface area contributed by atoms with Crippen molar-refractivity contribution in [2.24, 2.45) is 22.2 Å². The Labute approximate surface area is 109 Å². The number of benzene rings is 1. The lowest BCUT2D eigenvalue weighted by Crippen LogP contribution is -2.23. The van der Waals surface area contributed by atoms with E-state index in [1.54, 1.807) is 18.2 Å². The molecular formula is C12H15FN4O2. The summed E-state index contributed by atoms with van der Waals surface area (Å²) in [5.41, 5.74) is 15.9. The summed E-state index contributed by atoms with van der Waals surface area (Å²) in [6.45, 7) is -0.102. The summed E-state index contributed by atoms with van der Waals surface area (Å²) < 4.78 is 17.9. The van der Waals surface area contributed by atoms with Crippen LogP contribution in [0.3, 0.4) is 0 Å². The monoisotopic (exact) mass is 266 g/mol. The SMILES string of the molecule is NC(=O)c1ccccc1OC/C(=C\F)CN=C(N)N. The van der Waals surface area contributed by atoms with Crippen molar-refractivity contribution in [3.63, 3.8) is 0 Å². The normalized spacial score (nSPS) is 10.9. The maximum Gasteiger partial charge on any atom is 0.252 e. The van der Waals surface area contributed by atoms with Gasteiger partial charge in [-0.25, -0.2) is 9.38 Å². The molecule has 19 heavy (non-hydrogen) atoms. The van der Waals surface area contributed by atoms with Crippen molar-refractivity contribution in [2.75, 3.05) is 13.2 Å². The molecule has 102 valence electrons. The second-order valence-corrected chi connectivity index (χ2v) is 3.66. The average Bonchev–Trinajstić information content (AvgIpc) is 2.39. The van der Waals surface area contributed by atoms with Crippen molar-refractivity contribution in [1.82, 2.24) is 0 Å². The lowest BCUT2D eigenvalue weighted by atomic mass is 10.2. The van der Waals surface area contributed by atoms with Crippen molar-refractivity contribution in [3.05, 3.63) is 41.7 Å². The Hall–Kier alpha value is -2.57. The fourth-order valence-corrected chi connectivity index (χ4v) is 1.27. The molecule has 0 heterocycles. The minimum atomic E-state index is -0.620. The van der Waals surface area contributed by atoms with Gasteiger partial charge in [-0.05, 0) is 12.1 Å². The largest absolute Gasteiger partial charge is 0.488 e. The molecule has 0 bridgehead atoms. The van der Waals surface area contributed by atoms with E-state index in [0.717, 1.165) is 0 Å². The van der Waals surface area contributed by atoms with Gasteiger partial charge in [0.2, 0.25) is 0 Å². The van der Waals surface area contributed by atoms with Gasteiger partial charge in [0.15, 0.2) is 5.96 Å². The second kappa shape index (κ2) is 7.00. The number of guanidine groups is 1. The minimum absolute atomic E-state index is 0.0163. The Morgan fingerprint density at radius 1 is 1.32 bits per heavy atom. The van der Waals surface area contributed by atoms with Crippen LogP contribution in [0.25, 0.3) is 0 Å². The Morgan fingerprint density at radius 3 is 2.58 bits per heavy atom. The molecule has 0 saturated carbocycles. The van der Waals surface area contributed by atoms with E-state index in [9.17, 15) is 9.18 Å². The maximum absolute atomic E-state index is 12.6. The van der Waals surface area contributed by atoms with Gasteiger partial charge < -0.3 is 21.9 Å². The van der Waals surface area contributed by atoms with Crippen LogP contribution in [0.4, 0.5) is 4.39 Å². The lowest BCUT2D eigenvalue weighted by Gasteiger charge is -2.10. The molecule has 7 heteroatoms. The number of carbonyl (C=O) groups is 1. The van der Waals surface area contributed by atoms with Gasteiger partial charge in [0.1, 0.15) is 12.4 Å². The van der Waals surface area contributed by atoms with Crippen LogP contribution in [-0.4, -0.2) is 25.0 Å². The topological polar surface area (TPSA) is 117 Å². The molecule has 6 N–H and O–H groups in total. The molecule has 0 aliphatic heterocycles. The Balaban J connectivity index is 2.71. The Bertz CT molecular complexity index is 510. The first-order chi connectivity index (χ1) is 9.04. The Morgan fingerprint density at radius 2 is 2.00 bits per heavy atom. The summed E-state index contributed by atoms with van der Waals surface area (Å²) in [7, 11) is 0. The number of nitrogens with zero attached hydrogens (tertiary/aromatic N) is 1. The van der Waals surface area contributed by atoms with Gasteiger partial charge in [-0.15, -0.1) is 0 Å².